The number of hydrogen-bond acceptors (Lipinski definition) is 3. The first-order valence-corrected chi connectivity index (χ1v) is 3.55. The predicted octanol–water partition coefficient (Wildman–Crippen LogP) is 1.61. The van der Waals surface area contributed by atoms with Gasteiger partial charge in [-0.1, -0.05) is 0 Å². The van der Waals surface area contributed by atoms with Crippen LogP contribution in [0.25, 0.3) is 0 Å². The normalized spacial score (nSPS) is 8.58. The van der Waals surface area contributed by atoms with Crippen LogP contribution in [0.2, 0.25) is 0 Å². The summed E-state index contributed by atoms with van der Waals surface area (Å²) in [7, 11) is 5.83. The molecule has 0 fully saturated rings. The van der Waals surface area contributed by atoms with Gasteiger partial charge in [-0.2, -0.15) is 0 Å². The zero-order valence-corrected chi connectivity index (χ0v) is 8.35. The average Bonchev–Trinajstić information content (AvgIpc) is 2.05. The van der Waals surface area contributed by atoms with Crippen molar-refractivity contribution in [2.24, 2.45) is 0 Å². The maximum Gasteiger partial charge on any atom is 0.128 e. The molecular weight excluding hydrogens is 174 g/mol. The maximum absolute atomic E-state index is 4.21. The van der Waals surface area contributed by atoms with E-state index in [4.69, 9.17) is 0 Å². The zero-order valence-electron chi connectivity index (χ0n) is 7.53. The molecule has 3 nitrogen and oxygen atoms in total. The number of halogens is 1. The van der Waals surface area contributed by atoms with Crippen molar-refractivity contribution >= 4 is 23.9 Å². The molecule has 4 heteroatoms. The van der Waals surface area contributed by atoms with Crippen molar-refractivity contribution in [3.05, 3.63) is 18.3 Å². The molecule has 68 valence electrons. The van der Waals surface area contributed by atoms with Crippen molar-refractivity contribution in [1.29, 1.82) is 0 Å². The van der Waals surface area contributed by atoms with Gasteiger partial charge >= 0.3 is 0 Å². The van der Waals surface area contributed by atoms with Gasteiger partial charge in [-0.15, -0.1) is 12.4 Å². The van der Waals surface area contributed by atoms with Gasteiger partial charge in [-0.3, -0.25) is 0 Å². The Morgan fingerprint density at radius 2 is 2.00 bits per heavy atom. The van der Waals surface area contributed by atoms with Crippen LogP contribution in [0, 0.1) is 0 Å². The molecule has 12 heavy (non-hydrogen) atoms. The van der Waals surface area contributed by atoms with Gasteiger partial charge in [0, 0.05) is 21.1 Å². The van der Waals surface area contributed by atoms with E-state index >= 15 is 0 Å². The summed E-state index contributed by atoms with van der Waals surface area (Å²) in [6, 6.07) is 3.98. The van der Waals surface area contributed by atoms with Gasteiger partial charge in [-0.25, -0.2) is 4.98 Å². The Labute approximate surface area is 79.2 Å². The highest BCUT2D eigenvalue weighted by atomic mass is 35.5. The number of rotatable bonds is 2. The molecule has 0 aliphatic carbocycles. The van der Waals surface area contributed by atoms with Crippen molar-refractivity contribution in [3.8, 4) is 0 Å². The topological polar surface area (TPSA) is 28.2 Å². The molecule has 0 saturated carbocycles. The Morgan fingerprint density at radius 1 is 1.33 bits per heavy atom. The Kier molecular flexibility index (Phi) is 4.44. The summed E-state index contributed by atoms with van der Waals surface area (Å²) in [5.74, 6) is 0.976. The summed E-state index contributed by atoms with van der Waals surface area (Å²) >= 11 is 0. The van der Waals surface area contributed by atoms with E-state index in [1.54, 1.807) is 0 Å². The molecular formula is C8H14ClN3. The first-order valence-electron chi connectivity index (χ1n) is 3.55. The second-order valence-electron chi connectivity index (χ2n) is 2.55. The smallest absolute Gasteiger partial charge is 0.128 e. The highest BCUT2D eigenvalue weighted by Gasteiger charge is 1.94. The van der Waals surface area contributed by atoms with Gasteiger partial charge in [-0.05, 0) is 12.1 Å². The lowest BCUT2D eigenvalue weighted by atomic mass is 10.4. The third-order valence-electron chi connectivity index (χ3n) is 1.49. The third kappa shape index (κ3) is 2.58. The van der Waals surface area contributed by atoms with Crippen LogP contribution < -0.4 is 10.2 Å². The minimum atomic E-state index is 0. The van der Waals surface area contributed by atoms with Crippen LogP contribution in [0.4, 0.5) is 11.5 Å². The molecule has 0 unspecified atom stereocenters. The first kappa shape index (κ1) is 11.0. The standard InChI is InChI=1S/C8H13N3.ClH/c1-9-7-4-5-8(10-6-7)11(2)3;/h4-6,9H,1-3H3;1H. The van der Waals surface area contributed by atoms with Crippen LogP contribution in [0.15, 0.2) is 18.3 Å². The molecule has 1 rings (SSSR count). The quantitative estimate of drug-likeness (QED) is 0.763. The minimum absolute atomic E-state index is 0. The van der Waals surface area contributed by atoms with E-state index in [9.17, 15) is 0 Å². The fourth-order valence-electron chi connectivity index (χ4n) is 0.798. The average molecular weight is 188 g/mol. The molecule has 0 spiro atoms. The number of hydrogen-bond donors (Lipinski definition) is 1. The monoisotopic (exact) mass is 187 g/mol. The van der Waals surface area contributed by atoms with E-state index < -0.39 is 0 Å². The molecule has 0 aromatic carbocycles. The molecule has 1 heterocycles. The van der Waals surface area contributed by atoms with Gasteiger partial charge in [0.1, 0.15) is 5.82 Å². The van der Waals surface area contributed by atoms with Crippen LogP contribution in [0.1, 0.15) is 0 Å². The van der Waals surface area contributed by atoms with Crippen LogP contribution in [-0.4, -0.2) is 26.1 Å². The van der Waals surface area contributed by atoms with Crippen LogP contribution in [-0.2, 0) is 0 Å². The Bertz CT molecular complexity index is 220. The second kappa shape index (κ2) is 4.83. The van der Waals surface area contributed by atoms with Gasteiger partial charge in [0.05, 0.1) is 11.9 Å². The Balaban J connectivity index is 0.00000121. The molecule has 0 aliphatic rings. The number of nitrogens with one attached hydrogen (secondary N) is 1. The minimum Gasteiger partial charge on any atom is -0.387 e. The van der Waals surface area contributed by atoms with Gasteiger partial charge in [0.2, 0.25) is 0 Å². The molecule has 1 aromatic heterocycles. The van der Waals surface area contributed by atoms with Crippen molar-refractivity contribution in [1.82, 2.24) is 4.98 Å². The van der Waals surface area contributed by atoms with Crippen LogP contribution >= 0.6 is 12.4 Å². The molecule has 0 radical (unpaired) electrons. The van der Waals surface area contributed by atoms with Crippen molar-refractivity contribution < 1.29 is 0 Å². The van der Waals surface area contributed by atoms with E-state index in [2.05, 4.69) is 10.3 Å². The first-order chi connectivity index (χ1) is 5.24. The molecule has 1 aromatic rings. The highest BCUT2D eigenvalue weighted by Crippen LogP contribution is 2.10. The van der Waals surface area contributed by atoms with Crippen molar-refractivity contribution in [2.45, 2.75) is 0 Å². The SMILES string of the molecule is CNc1ccc(N(C)C)nc1.Cl. The second-order valence-corrected chi connectivity index (χ2v) is 2.55. The lowest BCUT2D eigenvalue weighted by Crippen LogP contribution is -2.10. The third-order valence-corrected chi connectivity index (χ3v) is 1.49. The number of pyridine rings is 1. The molecule has 0 amide bonds. The molecule has 0 aliphatic heterocycles. The van der Waals surface area contributed by atoms with Crippen LogP contribution in [0.3, 0.4) is 0 Å². The number of aromatic nitrogens is 1. The largest absolute Gasteiger partial charge is 0.387 e. The highest BCUT2D eigenvalue weighted by molar-refractivity contribution is 5.85. The summed E-state index contributed by atoms with van der Waals surface area (Å²) < 4.78 is 0. The Hall–Kier alpha value is -0.960. The summed E-state index contributed by atoms with van der Waals surface area (Å²) in [4.78, 5) is 6.18. The summed E-state index contributed by atoms with van der Waals surface area (Å²) in [6.07, 6.45) is 1.81. The van der Waals surface area contributed by atoms with E-state index in [0.717, 1.165) is 11.5 Å². The predicted molar refractivity (Wildman–Crippen MR) is 55.4 cm³/mol. The van der Waals surface area contributed by atoms with E-state index in [1.807, 2.05) is 44.4 Å². The number of nitrogens with zero attached hydrogens (tertiary/aromatic N) is 2. The van der Waals surface area contributed by atoms with Crippen molar-refractivity contribution in [2.75, 3.05) is 31.4 Å². The molecule has 0 saturated heterocycles. The van der Waals surface area contributed by atoms with E-state index in [-0.39, 0.29) is 12.4 Å². The summed E-state index contributed by atoms with van der Waals surface area (Å²) in [5, 5.41) is 3.01. The van der Waals surface area contributed by atoms with Crippen molar-refractivity contribution in [3.63, 3.8) is 0 Å². The fraction of sp³-hybridized carbons (Fsp3) is 0.375. The van der Waals surface area contributed by atoms with Gasteiger partial charge in [0.15, 0.2) is 0 Å². The molecule has 0 atom stereocenters. The Morgan fingerprint density at radius 3 is 2.33 bits per heavy atom. The summed E-state index contributed by atoms with van der Waals surface area (Å²) in [5.41, 5.74) is 1.04. The summed E-state index contributed by atoms with van der Waals surface area (Å²) in [6.45, 7) is 0. The lowest BCUT2D eigenvalue weighted by Gasteiger charge is -2.10. The molecule has 1 N–H and O–H groups in total. The number of anilines is 2. The van der Waals surface area contributed by atoms with Crippen LogP contribution in [0.5, 0.6) is 0 Å². The molecule has 0 bridgehead atoms. The van der Waals surface area contributed by atoms with Gasteiger partial charge in [0.25, 0.3) is 0 Å². The maximum atomic E-state index is 4.21. The van der Waals surface area contributed by atoms with Gasteiger partial charge < -0.3 is 10.2 Å². The lowest BCUT2D eigenvalue weighted by molar-refractivity contribution is 1.07. The van der Waals surface area contributed by atoms with E-state index in [0.29, 0.717) is 0 Å². The van der Waals surface area contributed by atoms with E-state index in [1.165, 1.54) is 0 Å². The fourth-order valence-corrected chi connectivity index (χ4v) is 0.798. The zero-order chi connectivity index (χ0) is 8.27.